The lowest BCUT2D eigenvalue weighted by molar-refractivity contribution is -0.727. The van der Waals surface area contributed by atoms with E-state index < -0.39 is 0 Å². The van der Waals surface area contributed by atoms with Crippen LogP contribution in [0.3, 0.4) is 0 Å². The first-order valence-corrected chi connectivity index (χ1v) is 24.8. The predicted octanol–water partition coefficient (Wildman–Crippen LogP) is 18.0. The van der Waals surface area contributed by atoms with Gasteiger partial charge in [0.05, 0.1) is 12.0 Å². The molecular formula is C50H99N2+. The van der Waals surface area contributed by atoms with E-state index in [4.69, 9.17) is 0 Å². The fourth-order valence-corrected chi connectivity index (χ4v) is 8.73. The number of rotatable bonds is 43. The number of unbranched alkanes of at least 4 members (excludes halogenated alkanes) is 35. The van der Waals surface area contributed by atoms with Gasteiger partial charge in [-0.05, 0) is 32.6 Å². The number of nitrogens with one attached hydrogen (secondary N) is 1. The first-order valence-electron chi connectivity index (χ1n) is 24.8. The molecule has 0 aliphatic heterocycles. The Morgan fingerprint density at radius 1 is 0.365 bits per heavy atom. The van der Waals surface area contributed by atoms with Crippen LogP contribution in [-0.2, 0) is 0 Å². The van der Waals surface area contributed by atoms with Crippen LogP contribution < -0.4 is 4.57 Å². The third-order valence-corrected chi connectivity index (χ3v) is 12.4. The Bertz CT molecular complexity index is 798. The average Bonchev–Trinajstić information content (AvgIpc) is 3.65. The normalized spacial score (nSPS) is 12.9. The SMILES string of the molecule is CCCCCCCCCCCCCCCCCC(CCCCCCCCCC)c1[nH]cc[n+]1C(C)CCCCCCCCCCCCCCCCC. The van der Waals surface area contributed by atoms with Gasteiger partial charge in [-0.3, -0.25) is 0 Å². The van der Waals surface area contributed by atoms with E-state index in [0.29, 0.717) is 12.0 Å². The summed E-state index contributed by atoms with van der Waals surface area (Å²) in [6.07, 6.45) is 63.6. The van der Waals surface area contributed by atoms with Gasteiger partial charge in [0, 0.05) is 0 Å². The molecule has 0 aromatic carbocycles. The summed E-state index contributed by atoms with van der Waals surface area (Å²) in [5.74, 6) is 2.25. The van der Waals surface area contributed by atoms with Crippen LogP contribution in [0, 0.1) is 0 Å². The van der Waals surface area contributed by atoms with Crippen molar-refractivity contribution in [3.63, 3.8) is 0 Å². The molecule has 1 N–H and O–H groups in total. The first kappa shape index (κ1) is 49.2. The molecule has 0 spiro atoms. The zero-order valence-corrected chi connectivity index (χ0v) is 36.7. The number of aromatic nitrogens is 2. The van der Waals surface area contributed by atoms with Crippen LogP contribution in [-0.4, -0.2) is 4.98 Å². The van der Waals surface area contributed by atoms with Crippen molar-refractivity contribution in [2.24, 2.45) is 0 Å². The quantitative estimate of drug-likeness (QED) is 0.0510. The summed E-state index contributed by atoms with van der Waals surface area (Å²) in [6.45, 7) is 9.44. The molecule has 2 nitrogen and oxygen atoms in total. The lowest BCUT2D eigenvalue weighted by Gasteiger charge is -2.17. The molecule has 1 heterocycles. The Balaban J connectivity index is 2.30. The molecule has 1 rings (SSSR count). The van der Waals surface area contributed by atoms with Gasteiger partial charge in [-0.15, -0.1) is 0 Å². The summed E-state index contributed by atoms with van der Waals surface area (Å²) in [6, 6.07) is 0.616. The van der Waals surface area contributed by atoms with E-state index in [1.807, 2.05) is 0 Å². The summed E-state index contributed by atoms with van der Waals surface area (Å²) < 4.78 is 2.66. The van der Waals surface area contributed by atoms with Crippen LogP contribution >= 0.6 is 0 Å². The standard InChI is InChI=1S/C50H98N2/c1-5-8-11-14-17-20-22-24-26-28-30-32-34-37-40-43-48(4)52-47-46-51-50(52)49(44-41-38-35-19-16-13-10-7-3)45-42-39-36-33-31-29-27-25-23-21-18-15-12-9-6-2/h46-49H,5-45H2,1-4H3/p+1. The van der Waals surface area contributed by atoms with Crippen LogP contribution in [0.5, 0.6) is 0 Å². The third-order valence-electron chi connectivity index (χ3n) is 12.4. The highest BCUT2D eigenvalue weighted by atomic mass is 15.1. The Hall–Kier alpha value is -0.790. The molecule has 1 aromatic rings. The summed E-state index contributed by atoms with van der Waals surface area (Å²) in [4.78, 5) is 3.78. The van der Waals surface area contributed by atoms with Gasteiger partial charge in [0.15, 0.2) is 0 Å². The van der Waals surface area contributed by atoms with Gasteiger partial charge in [0.25, 0.3) is 5.82 Å². The molecule has 0 fully saturated rings. The number of aromatic amines is 1. The van der Waals surface area contributed by atoms with E-state index in [2.05, 4.69) is 49.6 Å². The van der Waals surface area contributed by atoms with Crippen molar-refractivity contribution in [1.82, 2.24) is 4.98 Å². The molecule has 2 heteroatoms. The van der Waals surface area contributed by atoms with Crippen LogP contribution in [0.1, 0.15) is 309 Å². The van der Waals surface area contributed by atoms with Crippen molar-refractivity contribution >= 4 is 0 Å². The average molecular weight is 728 g/mol. The van der Waals surface area contributed by atoms with Gasteiger partial charge in [-0.1, -0.05) is 258 Å². The third kappa shape index (κ3) is 30.5. The molecule has 1 aromatic heterocycles. The number of hydrogen-bond acceptors (Lipinski definition) is 0. The second-order valence-electron chi connectivity index (χ2n) is 17.5. The van der Waals surface area contributed by atoms with E-state index in [9.17, 15) is 0 Å². The molecule has 308 valence electrons. The van der Waals surface area contributed by atoms with Crippen LogP contribution in [0.25, 0.3) is 0 Å². The van der Waals surface area contributed by atoms with Crippen LogP contribution in [0.2, 0.25) is 0 Å². The molecule has 2 unspecified atom stereocenters. The Morgan fingerprint density at radius 2 is 0.615 bits per heavy atom. The molecule has 52 heavy (non-hydrogen) atoms. The lowest BCUT2D eigenvalue weighted by Crippen LogP contribution is -2.41. The number of imidazole rings is 1. The summed E-state index contributed by atoms with van der Waals surface area (Å²) in [7, 11) is 0. The maximum absolute atomic E-state index is 3.78. The van der Waals surface area contributed by atoms with Gasteiger partial charge in [-0.25, -0.2) is 9.55 Å². The fourth-order valence-electron chi connectivity index (χ4n) is 8.73. The second-order valence-corrected chi connectivity index (χ2v) is 17.5. The topological polar surface area (TPSA) is 19.7 Å². The van der Waals surface area contributed by atoms with Crippen molar-refractivity contribution in [3.8, 4) is 0 Å². The highest BCUT2D eigenvalue weighted by Gasteiger charge is 2.25. The van der Waals surface area contributed by atoms with Gasteiger partial charge in [0.1, 0.15) is 12.4 Å². The van der Waals surface area contributed by atoms with Gasteiger partial charge >= 0.3 is 0 Å². The summed E-state index contributed by atoms with van der Waals surface area (Å²) in [5, 5.41) is 0. The van der Waals surface area contributed by atoms with E-state index in [0.717, 1.165) is 0 Å². The summed E-state index contributed by atoms with van der Waals surface area (Å²) in [5.41, 5.74) is 0. The summed E-state index contributed by atoms with van der Waals surface area (Å²) >= 11 is 0. The van der Waals surface area contributed by atoms with Crippen molar-refractivity contribution in [1.29, 1.82) is 0 Å². The Morgan fingerprint density at radius 3 is 0.904 bits per heavy atom. The largest absolute Gasteiger partial charge is 0.257 e. The molecule has 0 saturated carbocycles. The maximum atomic E-state index is 3.78. The monoisotopic (exact) mass is 728 g/mol. The molecule has 0 aliphatic carbocycles. The van der Waals surface area contributed by atoms with Crippen molar-refractivity contribution in [2.75, 3.05) is 0 Å². The smallest absolute Gasteiger partial charge is 0.247 e. The van der Waals surface area contributed by atoms with E-state index in [1.165, 1.54) is 263 Å². The number of hydrogen-bond donors (Lipinski definition) is 1. The Labute approximate surface area is 329 Å². The number of nitrogens with zero attached hydrogens (tertiary/aromatic N) is 1. The van der Waals surface area contributed by atoms with E-state index in [-0.39, 0.29) is 0 Å². The minimum absolute atomic E-state index is 0.616. The molecule has 0 bridgehead atoms. The first-order chi connectivity index (χ1) is 25.7. The number of H-pyrrole nitrogens is 1. The zero-order valence-electron chi connectivity index (χ0n) is 36.7. The molecule has 0 aliphatic rings. The van der Waals surface area contributed by atoms with Gasteiger partial charge in [-0.2, -0.15) is 0 Å². The minimum atomic E-state index is 0.616. The highest BCUT2D eigenvalue weighted by Crippen LogP contribution is 2.28. The lowest BCUT2D eigenvalue weighted by atomic mass is 9.92. The van der Waals surface area contributed by atoms with Crippen molar-refractivity contribution < 1.29 is 4.57 Å². The molecule has 2 atom stereocenters. The molecule has 0 amide bonds. The fraction of sp³-hybridized carbons (Fsp3) is 0.940. The zero-order chi connectivity index (χ0) is 37.4. The second kappa shape index (κ2) is 39.9. The predicted molar refractivity (Wildman–Crippen MR) is 235 cm³/mol. The maximum Gasteiger partial charge on any atom is 0.257 e. The molecule has 0 radical (unpaired) electrons. The van der Waals surface area contributed by atoms with Gasteiger partial charge < -0.3 is 0 Å². The molecular weight excluding hydrogens is 629 g/mol. The van der Waals surface area contributed by atoms with Crippen LogP contribution in [0.15, 0.2) is 12.4 Å². The van der Waals surface area contributed by atoms with Gasteiger partial charge in [0.2, 0.25) is 0 Å². The van der Waals surface area contributed by atoms with E-state index in [1.54, 1.807) is 5.82 Å². The van der Waals surface area contributed by atoms with Crippen molar-refractivity contribution in [3.05, 3.63) is 18.2 Å². The Kier molecular flexibility index (Phi) is 37.8. The van der Waals surface area contributed by atoms with Crippen LogP contribution in [0.4, 0.5) is 0 Å². The van der Waals surface area contributed by atoms with Crippen molar-refractivity contribution in [2.45, 2.75) is 303 Å². The van der Waals surface area contributed by atoms with E-state index >= 15 is 0 Å². The molecule has 0 saturated heterocycles. The minimum Gasteiger partial charge on any atom is -0.247 e. The highest BCUT2D eigenvalue weighted by molar-refractivity contribution is 4.90.